The van der Waals surface area contributed by atoms with Crippen LogP contribution < -0.4 is 11.1 Å². The zero-order valence-electron chi connectivity index (χ0n) is 12.5. The van der Waals surface area contributed by atoms with Gasteiger partial charge in [0.2, 0.25) is 5.91 Å². The van der Waals surface area contributed by atoms with E-state index in [9.17, 15) is 4.79 Å². The summed E-state index contributed by atoms with van der Waals surface area (Å²) in [6, 6.07) is 7.63. The topological polar surface area (TPSA) is 55.1 Å². The van der Waals surface area contributed by atoms with Gasteiger partial charge in [-0.3, -0.25) is 4.79 Å². The van der Waals surface area contributed by atoms with Crippen molar-refractivity contribution in [2.45, 2.75) is 61.6 Å². The summed E-state index contributed by atoms with van der Waals surface area (Å²) >= 11 is 1.89. The minimum atomic E-state index is -0.412. The van der Waals surface area contributed by atoms with E-state index in [-0.39, 0.29) is 18.3 Å². The summed E-state index contributed by atoms with van der Waals surface area (Å²) in [6.07, 6.45) is 6.86. The molecule has 5 heteroatoms. The first-order chi connectivity index (χ1) is 9.70. The molecule has 0 bridgehead atoms. The quantitative estimate of drug-likeness (QED) is 0.822. The number of carbonyl (C=O) groups excluding carboxylic acids is 1. The molecule has 0 radical (unpaired) electrons. The van der Waals surface area contributed by atoms with E-state index in [0.717, 1.165) is 23.4 Å². The summed E-state index contributed by atoms with van der Waals surface area (Å²) in [6.45, 7) is 2.04. The predicted octanol–water partition coefficient (Wildman–Crippen LogP) is 4.21. The van der Waals surface area contributed by atoms with Gasteiger partial charge in [-0.1, -0.05) is 38.3 Å². The number of hydrogen-bond acceptors (Lipinski definition) is 3. The lowest BCUT2D eigenvalue weighted by Gasteiger charge is -2.16. The average Bonchev–Trinajstić information content (AvgIpc) is 2.94. The molecule has 0 aliphatic heterocycles. The second-order valence-electron chi connectivity index (χ2n) is 5.40. The standard InChI is InChI=1S/C16H24N2OS.ClH/c1-2-7-13(17)16(19)18-14-10-5-6-11-15(14)20-12-8-3-4-9-12;/h5-6,10-13H,2-4,7-9,17H2,1H3,(H,18,19);1H. The molecule has 1 aliphatic carbocycles. The molecule has 1 aliphatic rings. The summed E-state index contributed by atoms with van der Waals surface area (Å²) in [5.74, 6) is -0.0775. The third-order valence-corrected chi connectivity index (χ3v) is 5.09. The Morgan fingerprint density at radius 3 is 2.71 bits per heavy atom. The van der Waals surface area contributed by atoms with Crippen LogP contribution in [0.25, 0.3) is 0 Å². The van der Waals surface area contributed by atoms with E-state index in [2.05, 4.69) is 11.4 Å². The van der Waals surface area contributed by atoms with Crippen molar-refractivity contribution in [1.82, 2.24) is 0 Å². The number of nitrogens with two attached hydrogens (primary N) is 1. The van der Waals surface area contributed by atoms with Gasteiger partial charge in [0.15, 0.2) is 0 Å². The highest BCUT2D eigenvalue weighted by molar-refractivity contribution is 8.00. The number of thioether (sulfide) groups is 1. The minimum absolute atomic E-state index is 0. The number of nitrogens with one attached hydrogen (secondary N) is 1. The Kier molecular flexibility index (Phi) is 8.15. The van der Waals surface area contributed by atoms with Gasteiger partial charge in [0, 0.05) is 10.1 Å². The van der Waals surface area contributed by atoms with Crippen LogP contribution in [0.1, 0.15) is 45.4 Å². The van der Waals surface area contributed by atoms with Gasteiger partial charge in [-0.25, -0.2) is 0 Å². The van der Waals surface area contributed by atoms with Gasteiger partial charge in [0.1, 0.15) is 0 Å². The molecule has 1 saturated carbocycles. The van der Waals surface area contributed by atoms with E-state index >= 15 is 0 Å². The van der Waals surface area contributed by atoms with Gasteiger partial charge in [-0.2, -0.15) is 0 Å². The van der Waals surface area contributed by atoms with Crippen LogP contribution in [0, 0.1) is 0 Å². The molecule has 1 fully saturated rings. The lowest BCUT2D eigenvalue weighted by molar-refractivity contribution is -0.117. The zero-order valence-corrected chi connectivity index (χ0v) is 14.1. The molecule has 3 N–H and O–H groups in total. The Bertz CT molecular complexity index is 450. The second kappa shape index (κ2) is 9.34. The predicted molar refractivity (Wildman–Crippen MR) is 93.3 cm³/mol. The molecule has 1 amide bonds. The normalized spacial score (nSPS) is 16.3. The van der Waals surface area contributed by atoms with Crippen LogP contribution in [0.4, 0.5) is 5.69 Å². The fourth-order valence-corrected chi connectivity index (χ4v) is 3.86. The maximum absolute atomic E-state index is 12.0. The van der Waals surface area contributed by atoms with Crippen LogP contribution >= 0.6 is 24.2 Å². The van der Waals surface area contributed by atoms with Gasteiger partial charge in [0.05, 0.1) is 11.7 Å². The lowest BCUT2D eigenvalue weighted by Crippen LogP contribution is -2.35. The largest absolute Gasteiger partial charge is 0.324 e. The Balaban J connectivity index is 0.00000220. The molecular weight excluding hydrogens is 304 g/mol. The molecule has 1 unspecified atom stereocenters. The molecule has 118 valence electrons. The van der Waals surface area contributed by atoms with Crippen LogP contribution in [0.2, 0.25) is 0 Å². The fraction of sp³-hybridized carbons (Fsp3) is 0.562. The first-order valence-electron chi connectivity index (χ1n) is 7.53. The van der Waals surface area contributed by atoms with Gasteiger partial charge < -0.3 is 11.1 Å². The molecule has 2 rings (SSSR count). The van der Waals surface area contributed by atoms with E-state index in [1.807, 2.05) is 36.9 Å². The molecule has 3 nitrogen and oxygen atoms in total. The first-order valence-corrected chi connectivity index (χ1v) is 8.40. The zero-order chi connectivity index (χ0) is 14.4. The molecule has 0 spiro atoms. The summed E-state index contributed by atoms with van der Waals surface area (Å²) in [5, 5.41) is 3.68. The van der Waals surface area contributed by atoms with E-state index in [1.54, 1.807) is 0 Å². The van der Waals surface area contributed by atoms with Crippen molar-refractivity contribution in [1.29, 1.82) is 0 Å². The number of halogens is 1. The molecule has 1 aromatic rings. The van der Waals surface area contributed by atoms with Crippen molar-refractivity contribution >= 4 is 35.8 Å². The highest BCUT2D eigenvalue weighted by atomic mass is 35.5. The minimum Gasteiger partial charge on any atom is -0.324 e. The SMILES string of the molecule is CCCC(N)C(=O)Nc1ccccc1SC1CCCC1.Cl. The maximum atomic E-state index is 12.0. The van der Waals surface area contributed by atoms with Gasteiger partial charge in [0.25, 0.3) is 0 Å². The third-order valence-electron chi connectivity index (χ3n) is 3.68. The van der Waals surface area contributed by atoms with E-state index < -0.39 is 6.04 Å². The monoisotopic (exact) mass is 328 g/mol. The second-order valence-corrected chi connectivity index (χ2v) is 6.75. The number of amides is 1. The summed E-state index contributed by atoms with van der Waals surface area (Å²) < 4.78 is 0. The number of benzene rings is 1. The highest BCUT2D eigenvalue weighted by Gasteiger charge is 2.19. The van der Waals surface area contributed by atoms with Crippen molar-refractivity contribution in [3.05, 3.63) is 24.3 Å². The smallest absolute Gasteiger partial charge is 0.241 e. The number of rotatable bonds is 6. The highest BCUT2D eigenvalue weighted by Crippen LogP contribution is 2.37. The van der Waals surface area contributed by atoms with E-state index in [4.69, 9.17) is 5.73 Å². The van der Waals surface area contributed by atoms with Crippen molar-refractivity contribution in [2.24, 2.45) is 5.73 Å². The van der Waals surface area contributed by atoms with Crippen molar-refractivity contribution in [2.75, 3.05) is 5.32 Å². The van der Waals surface area contributed by atoms with Crippen LogP contribution in [0.15, 0.2) is 29.2 Å². The Labute approximate surface area is 137 Å². The Hall–Kier alpha value is -0.710. The Morgan fingerprint density at radius 2 is 2.05 bits per heavy atom. The maximum Gasteiger partial charge on any atom is 0.241 e. The Morgan fingerprint density at radius 1 is 1.38 bits per heavy atom. The summed E-state index contributed by atoms with van der Waals surface area (Å²) in [7, 11) is 0. The van der Waals surface area contributed by atoms with Gasteiger partial charge in [-0.15, -0.1) is 24.2 Å². The molecule has 1 aromatic carbocycles. The molecule has 0 saturated heterocycles. The fourth-order valence-electron chi connectivity index (χ4n) is 2.53. The first kappa shape index (κ1) is 18.3. The summed E-state index contributed by atoms with van der Waals surface area (Å²) in [4.78, 5) is 13.2. The summed E-state index contributed by atoms with van der Waals surface area (Å²) in [5.41, 5.74) is 6.77. The average molecular weight is 329 g/mol. The lowest BCUT2D eigenvalue weighted by atomic mass is 10.1. The van der Waals surface area contributed by atoms with Gasteiger partial charge in [-0.05, 0) is 31.4 Å². The number of hydrogen-bond donors (Lipinski definition) is 2. The number of carbonyl (C=O) groups is 1. The van der Waals surface area contributed by atoms with Crippen LogP contribution in [-0.4, -0.2) is 17.2 Å². The van der Waals surface area contributed by atoms with Crippen LogP contribution in [0.3, 0.4) is 0 Å². The molecular formula is C16H25ClN2OS. The van der Waals surface area contributed by atoms with Crippen molar-refractivity contribution in [3.8, 4) is 0 Å². The molecule has 0 aromatic heterocycles. The van der Waals surface area contributed by atoms with Crippen molar-refractivity contribution in [3.63, 3.8) is 0 Å². The van der Waals surface area contributed by atoms with Crippen molar-refractivity contribution < 1.29 is 4.79 Å². The van der Waals surface area contributed by atoms with Crippen LogP contribution in [-0.2, 0) is 4.79 Å². The molecule has 21 heavy (non-hydrogen) atoms. The van der Waals surface area contributed by atoms with E-state index in [0.29, 0.717) is 5.25 Å². The van der Waals surface area contributed by atoms with E-state index in [1.165, 1.54) is 25.7 Å². The number of para-hydroxylation sites is 1. The molecule has 0 heterocycles. The molecule has 1 atom stereocenters. The van der Waals surface area contributed by atoms with Crippen LogP contribution in [0.5, 0.6) is 0 Å². The van der Waals surface area contributed by atoms with Gasteiger partial charge >= 0.3 is 0 Å². The third kappa shape index (κ3) is 5.53. The number of anilines is 1.